The van der Waals surface area contributed by atoms with Crippen molar-refractivity contribution in [2.75, 3.05) is 19.0 Å². The van der Waals surface area contributed by atoms with Crippen molar-refractivity contribution in [3.8, 4) is 5.75 Å². The van der Waals surface area contributed by atoms with Gasteiger partial charge in [-0.1, -0.05) is 17.8 Å². The van der Waals surface area contributed by atoms with Crippen LogP contribution in [0.3, 0.4) is 0 Å². The van der Waals surface area contributed by atoms with E-state index >= 15 is 0 Å². The number of nitrogens with one attached hydrogen (secondary N) is 1. The molecule has 0 saturated heterocycles. The Balaban J connectivity index is 1.77. The van der Waals surface area contributed by atoms with Gasteiger partial charge in [0, 0.05) is 31.6 Å². The molecule has 0 atom stereocenters. The lowest BCUT2D eigenvalue weighted by molar-refractivity contribution is -0.0497. The van der Waals surface area contributed by atoms with Gasteiger partial charge in [-0.3, -0.25) is 0 Å². The monoisotopic (exact) mass is 367 g/mol. The number of aromatic amines is 1. The zero-order valence-electron chi connectivity index (χ0n) is 13.6. The molecule has 0 aliphatic rings. The van der Waals surface area contributed by atoms with E-state index in [1.807, 2.05) is 19.0 Å². The van der Waals surface area contributed by atoms with Gasteiger partial charge < -0.3 is 14.6 Å². The minimum Gasteiger partial charge on any atom is -0.435 e. The lowest BCUT2D eigenvalue weighted by Gasteiger charge is -2.17. The molecule has 8 heteroatoms. The van der Waals surface area contributed by atoms with E-state index < -0.39 is 6.61 Å². The SMILES string of the molecule is CN(C)c1cc(F)ccc1CSc1nc2ccc(OC(F)F)cc2[nH]1. The fourth-order valence-electron chi connectivity index (χ4n) is 2.43. The van der Waals surface area contributed by atoms with Crippen LogP contribution in [0.4, 0.5) is 18.9 Å². The number of halogens is 3. The second-order valence-electron chi connectivity index (χ2n) is 5.56. The van der Waals surface area contributed by atoms with Gasteiger partial charge in [0.15, 0.2) is 5.16 Å². The highest BCUT2D eigenvalue weighted by atomic mass is 32.2. The van der Waals surface area contributed by atoms with Crippen LogP contribution < -0.4 is 9.64 Å². The molecule has 3 aromatic rings. The molecule has 2 aromatic carbocycles. The molecule has 4 nitrogen and oxygen atoms in total. The number of aromatic nitrogens is 2. The summed E-state index contributed by atoms with van der Waals surface area (Å²) in [7, 11) is 3.71. The summed E-state index contributed by atoms with van der Waals surface area (Å²) >= 11 is 1.45. The molecule has 0 amide bonds. The van der Waals surface area contributed by atoms with Crippen LogP contribution in [-0.4, -0.2) is 30.7 Å². The molecule has 25 heavy (non-hydrogen) atoms. The van der Waals surface area contributed by atoms with E-state index in [9.17, 15) is 13.2 Å². The topological polar surface area (TPSA) is 41.2 Å². The zero-order valence-corrected chi connectivity index (χ0v) is 14.4. The summed E-state index contributed by atoms with van der Waals surface area (Å²) in [5.74, 6) is 0.387. The quantitative estimate of drug-likeness (QED) is 0.643. The summed E-state index contributed by atoms with van der Waals surface area (Å²) in [6, 6.07) is 9.22. The number of benzene rings is 2. The highest BCUT2D eigenvalue weighted by Crippen LogP contribution is 2.29. The highest BCUT2D eigenvalue weighted by Gasteiger charge is 2.11. The summed E-state index contributed by atoms with van der Waals surface area (Å²) in [5.41, 5.74) is 3.05. The summed E-state index contributed by atoms with van der Waals surface area (Å²) in [4.78, 5) is 9.35. The number of rotatable bonds is 6. The fourth-order valence-corrected chi connectivity index (χ4v) is 3.31. The molecule has 0 radical (unpaired) electrons. The van der Waals surface area contributed by atoms with Gasteiger partial charge in [0.2, 0.25) is 0 Å². The Morgan fingerprint density at radius 1 is 1.20 bits per heavy atom. The molecule has 0 aliphatic carbocycles. The number of hydrogen-bond donors (Lipinski definition) is 1. The van der Waals surface area contributed by atoms with Crippen molar-refractivity contribution in [1.29, 1.82) is 0 Å². The Morgan fingerprint density at radius 2 is 2.00 bits per heavy atom. The van der Waals surface area contributed by atoms with Crippen molar-refractivity contribution in [1.82, 2.24) is 9.97 Å². The minimum atomic E-state index is -2.86. The van der Waals surface area contributed by atoms with E-state index in [-0.39, 0.29) is 11.6 Å². The van der Waals surface area contributed by atoms with Crippen LogP contribution in [0.15, 0.2) is 41.6 Å². The van der Waals surface area contributed by atoms with E-state index in [2.05, 4.69) is 14.7 Å². The number of nitrogens with zero attached hydrogens (tertiary/aromatic N) is 2. The Morgan fingerprint density at radius 3 is 2.72 bits per heavy atom. The fraction of sp³-hybridized carbons (Fsp3) is 0.235. The van der Waals surface area contributed by atoms with E-state index in [1.165, 1.54) is 36.0 Å². The van der Waals surface area contributed by atoms with Gasteiger partial charge in [0.25, 0.3) is 0 Å². The predicted molar refractivity (Wildman–Crippen MR) is 93.0 cm³/mol. The normalized spacial score (nSPS) is 11.3. The standard InChI is InChI=1S/C17H16F3N3OS/c1-23(2)15-7-11(18)4-3-10(15)9-25-17-21-13-6-5-12(24-16(19)20)8-14(13)22-17/h3-8,16H,9H2,1-2H3,(H,21,22). The van der Waals surface area contributed by atoms with Crippen molar-refractivity contribution < 1.29 is 17.9 Å². The molecule has 1 heterocycles. The van der Waals surface area contributed by atoms with Crippen molar-refractivity contribution >= 4 is 28.5 Å². The van der Waals surface area contributed by atoms with Crippen LogP contribution in [-0.2, 0) is 5.75 Å². The third kappa shape index (κ3) is 4.19. The van der Waals surface area contributed by atoms with Crippen LogP contribution in [0.5, 0.6) is 5.75 Å². The third-order valence-electron chi connectivity index (χ3n) is 3.55. The number of anilines is 1. The largest absolute Gasteiger partial charge is 0.435 e. The first kappa shape index (κ1) is 17.5. The van der Waals surface area contributed by atoms with Crippen LogP contribution in [0.25, 0.3) is 11.0 Å². The number of imidazole rings is 1. The molecule has 1 aromatic heterocycles. The molecule has 132 valence electrons. The van der Waals surface area contributed by atoms with Gasteiger partial charge in [-0.15, -0.1) is 0 Å². The maximum Gasteiger partial charge on any atom is 0.387 e. The number of ether oxygens (including phenoxy) is 1. The summed E-state index contributed by atoms with van der Waals surface area (Å²) in [5, 5.41) is 0.651. The second kappa shape index (κ2) is 7.26. The van der Waals surface area contributed by atoms with Crippen molar-refractivity contribution in [2.24, 2.45) is 0 Å². The Labute approximate surface area is 147 Å². The molecule has 0 fully saturated rings. The van der Waals surface area contributed by atoms with Gasteiger partial charge in [0.05, 0.1) is 11.0 Å². The lowest BCUT2D eigenvalue weighted by atomic mass is 10.2. The van der Waals surface area contributed by atoms with Gasteiger partial charge in [-0.05, 0) is 29.8 Å². The molecule has 0 unspecified atom stereocenters. The molecular formula is C17H16F3N3OS. The van der Waals surface area contributed by atoms with E-state index in [0.717, 1.165) is 11.3 Å². The molecule has 3 rings (SSSR count). The predicted octanol–water partition coefficient (Wildman–Crippen LogP) is 4.66. The first-order valence-corrected chi connectivity index (χ1v) is 8.44. The van der Waals surface area contributed by atoms with Crippen molar-refractivity contribution in [3.63, 3.8) is 0 Å². The lowest BCUT2D eigenvalue weighted by Crippen LogP contribution is -2.11. The van der Waals surface area contributed by atoms with Crippen molar-refractivity contribution in [3.05, 3.63) is 47.8 Å². The van der Waals surface area contributed by atoms with Gasteiger partial charge in [-0.25, -0.2) is 9.37 Å². The summed E-state index contributed by atoms with van der Waals surface area (Å²) < 4.78 is 42.4. The van der Waals surface area contributed by atoms with Crippen LogP contribution in [0.1, 0.15) is 5.56 Å². The van der Waals surface area contributed by atoms with Crippen LogP contribution in [0, 0.1) is 5.82 Å². The molecule has 0 bridgehead atoms. The summed E-state index contributed by atoms with van der Waals surface area (Å²) in [6.45, 7) is -2.86. The Kier molecular flexibility index (Phi) is 5.08. The van der Waals surface area contributed by atoms with Gasteiger partial charge >= 0.3 is 6.61 Å². The average molecular weight is 367 g/mol. The molecule has 1 N–H and O–H groups in total. The number of hydrogen-bond acceptors (Lipinski definition) is 4. The first-order valence-electron chi connectivity index (χ1n) is 7.45. The molecular weight excluding hydrogens is 351 g/mol. The van der Waals surface area contributed by atoms with Crippen molar-refractivity contribution in [2.45, 2.75) is 17.5 Å². The summed E-state index contributed by atoms with van der Waals surface area (Å²) in [6.07, 6.45) is 0. The van der Waals surface area contributed by atoms with Crippen LogP contribution >= 0.6 is 11.8 Å². The zero-order chi connectivity index (χ0) is 18.0. The number of thioether (sulfide) groups is 1. The van der Waals surface area contributed by atoms with E-state index in [4.69, 9.17) is 0 Å². The molecule has 0 spiro atoms. The van der Waals surface area contributed by atoms with E-state index in [0.29, 0.717) is 21.9 Å². The van der Waals surface area contributed by atoms with Gasteiger partial charge in [0.1, 0.15) is 11.6 Å². The molecule has 0 aliphatic heterocycles. The highest BCUT2D eigenvalue weighted by molar-refractivity contribution is 7.98. The number of alkyl halides is 2. The first-order chi connectivity index (χ1) is 11.9. The third-order valence-corrected chi connectivity index (χ3v) is 4.47. The minimum absolute atomic E-state index is 0.0797. The average Bonchev–Trinajstić information content (AvgIpc) is 2.95. The smallest absolute Gasteiger partial charge is 0.387 e. The Bertz CT molecular complexity index is 883. The molecule has 0 saturated carbocycles. The maximum absolute atomic E-state index is 13.4. The second-order valence-corrected chi connectivity index (χ2v) is 6.52. The number of fused-ring (bicyclic) bond motifs is 1. The van der Waals surface area contributed by atoms with Crippen LogP contribution in [0.2, 0.25) is 0 Å². The Hall–Kier alpha value is -2.35. The van der Waals surface area contributed by atoms with E-state index in [1.54, 1.807) is 12.1 Å². The number of H-pyrrole nitrogens is 1. The maximum atomic E-state index is 13.4. The van der Waals surface area contributed by atoms with Gasteiger partial charge in [-0.2, -0.15) is 8.78 Å².